The van der Waals surface area contributed by atoms with E-state index < -0.39 is 0 Å². The number of hydrogen-bond donors (Lipinski definition) is 0. The summed E-state index contributed by atoms with van der Waals surface area (Å²) in [6.45, 7) is 10.4. The first-order valence-electron chi connectivity index (χ1n) is 3.34. The molecule has 0 fully saturated rings. The Morgan fingerprint density at radius 1 is 1.75 bits per heavy atom. The molecule has 1 aromatic rings. The van der Waals surface area contributed by atoms with Crippen molar-refractivity contribution in [1.82, 2.24) is 0 Å². The number of thiocarbonyl (C=S) groups is 1. The summed E-state index contributed by atoms with van der Waals surface area (Å²) in [7, 11) is 0. The van der Waals surface area contributed by atoms with E-state index in [1.807, 2.05) is 13.0 Å². The molecule has 0 aliphatic carbocycles. The van der Waals surface area contributed by atoms with E-state index in [0.29, 0.717) is 5.58 Å². The van der Waals surface area contributed by atoms with E-state index in [1.165, 1.54) is 0 Å². The number of rotatable bonds is 1. The van der Waals surface area contributed by atoms with Gasteiger partial charge in [0.2, 0.25) is 0 Å². The van der Waals surface area contributed by atoms with Gasteiger partial charge in [-0.25, -0.2) is 0 Å². The molecule has 0 amide bonds. The molecule has 2 nitrogen and oxygen atoms in total. The van der Waals surface area contributed by atoms with Crippen molar-refractivity contribution in [1.29, 1.82) is 0 Å². The molecule has 0 bridgehead atoms. The van der Waals surface area contributed by atoms with Gasteiger partial charge in [-0.2, -0.15) is 0 Å². The number of aliphatic imine (C=N–C) groups is 1. The molecule has 12 heavy (non-hydrogen) atoms. The third kappa shape index (κ3) is 1.85. The predicted octanol–water partition coefficient (Wildman–Crippen LogP) is 2.62. The minimum atomic E-state index is 0.651. The molecule has 0 aliphatic heterocycles. The van der Waals surface area contributed by atoms with Crippen molar-refractivity contribution < 1.29 is 0 Å². The monoisotopic (exact) mass is 172 g/mol. The van der Waals surface area contributed by atoms with Crippen LogP contribution in [0.5, 0.6) is 0 Å². The molecule has 0 aromatic carbocycles. The van der Waals surface area contributed by atoms with Gasteiger partial charge >= 0.3 is 76.5 Å². The van der Waals surface area contributed by atoms with Gasteiger partial charge in [0.15, 0.2) is 0 Å². The molecule has 1 aromatic heterocycles. The zero-order chi connectivity index (χ0) is 8.97. The van der Waals surface area contributed by atoms with E-state index in [4.69, 9.17) is 6.57 Å². The Balaban J connectivity index is 3.20. The van der Waals surface area contributed by atoms with Crippen molar-refractivity contribution in [3.05, 3.63) is 29.0 Å². The van der Waals surface area contributed by atoms with Crippen LogP contribution in [0.3, 0.4) is 0 Å². The van der Waals surface area contributed by atoms with Gasteiger partial charge in [-0.1, -0.05) is 0 Å². The first-order valence-corrected chi connectivity index (χ1v) is 3.74. The van der Waals surface area contributed by atoms with E-state index in [1.54, 1.807) is 12.9 Å². The average molecular weight is 172 g/mol. The molecule has 0 aliphatic rings. The Hall–Kier alpha value is -1.30. The summed E-state index contributed by atoms with van der Waals surface area (Å²) in [6.07, 6.45) is 0. The van der Waals surface area contributed by atoms with Gasteiger partial charge < -0.3 is 0 Å². The fourth-order valence-corrected chi connectivity index (χ4v) is 0.993. The fraction of sp³-hybridized carbons (Fsp3) is 0.125. The van der Waals surface area contributed by atoms with Gasteiger partial charge in [0.25, 0.3) is 0 Å². The summed E-state index contributed by atoms with van der Waals surface area (Å²) in [6, 6.07) is 1.81. The molecule has 1 rings (SSSR count). The Bertz CT molecular complexity index is 389. The maximum absolute atomic E-state index is 6.82. The Morgan fingerprint density at radius 2 is 2.50 bits per heavy atom. The summed E-state index contributed by atoms with van der Waals surface area (Å²) < 4.78 is 0. The Kier molecular flexibility index (Phi) is 2.87. The molecule has 4 heteroatoms. The summed E-state index contributed by atoms with van der Waals surface area (Å²) >= 11 is 4.46. The van der Waals surface area contributed by atoms with Crippen molar-refractivity contribution in [2.45, 2.75) is 6.92 Å². The molecule has 0 atom stereocenters. The molecule has 0 saturated carbocycles. The summed E-state index contributed by atoms with van der Waals surface area (Å²) in [4.78, 5) is 7.14. The van der Waals surface area contributed by atoms with Gasteiger partial charge in [-0.05, 0) is 0 Å². The average Bonchev–Trinajstić information content (AvgIpc) is 2.05. The fourth-order valence-electron chi connectivity index (χ4n) is 0.887. The van der Waals surface area contributed by atoms with Crippen molar-refractivity contribution in [3.8, 4) is 0 Å². The molecule has 0 radical (unpaired) electrons. The Labute approximate surface area is 77.0 Å². The summed E-state index contributed by atoms with van der Waals surface area (Å²) in [5.41, 5.74) is 2.31. The number of hydrogen-bond acceptors (Lipinski definition) is 2. The van der Waals surface area contributed by atoms with Crippen LogP contribution in [0.15, 0.2) is 17.0 Å². The SMILES string of the molecule is [C-]#[N+]c1bcc(N=C=S)cc1C. The predicted molar refractivity (Wildman–Crippen MR) is 53.5 cm³/mol. The van der Waals surface area contributed by atoms with Crippen LogP contribution in [0.1, 0.15) is 5.56 Å². The Morgan fingerprint density at radius 3 is 3.00 bits per heavy atom. The molecule has 56 valence electrons. The van der Waals surface area contributed by atoms with Crippen LogP contribution in [0.4, 0.5) is 11.3 Å². The molecular formula is C8H5BN2S. The normalized spacial score (nSPS) is 8.00. The van der Waals surface area contributed by atoms with E-state index in [-0.39, 0.29) is 0 Å². The summed E-state index contributed by atoms with van der Waals surface area (Å²) in [5, 5.41) is 2.28. The van der Waals surface area contributed by atoms with Gasteiger partial charge in [-0.15, -0.1) is 0 Å². The van der Waals surface area contributed by atoms with Crippen molar-refractivity contribution >= 4 is 35.6 Å². The minimum absolute atomic E-state index is 0.651. The van der Waals surface area contributed by atoms with Crippen molar-refractivity contribution in [2.24, 2.45) is 4.99 Å². The van der Waals surface area contributed by atoms with Gasteiger partial charge in [0.1, 0.15) is 0 Å². The first kappa shape index (κ1) is 8.80. The molecular weight excluding hydrogens is 167 g/mol. The van der Waals surface area contributed by atoms with Crippen LogP contribution in [0.2, 0.25) is 0 Å². The third-order valence-corrected chi connectivity index (χ3v) is 1.57. The molecule has 0 N–H and O–H groups in total. The second-order valence-electron chi connectivity index (χ2n) is 2.29. The number of aryl methyl sites for hydroxylation is 1. The second-order valence-corrected chi connectivity index (χ2v) is 2.47. The number of nitrogens with zero attached hydrogens (tertiary/aromatic N) is 2. The third-order valence-electron chi connectivity index (χ3n) is 1.48. The molecule has 1 heterocycles. The van der Waals surface area contributed by atoms with E-state index in [0.717, 1.165) is 11.3 Å². The van der Waals surface area contributed by atoms with Crippen LogP contribution in [-0.2, 0) is 0 Å². The van der Waals surface area contributed by atoms with Crippen LogP contribution in [0, 0.1) is 13.5 Å². The maximum atomic E-state index is 6.82. The van der Waals surface area contributed by atoms with Crippen LogP contribution >= 0.6 is 12.2 Å². The van der Waals surface area contributed by atoms with Crippen LogP contribution < -0.4 is 0 Å². The zero-order valence-corrected chi connectivity index (χ0v) is 7.35. The standard InChI is InChI=1S/C8H5BN2S/c1-6-3-7(11-5-12)4-9-8(6)10-2/h3-4H,1H3. The zero-order valence-electron chi connectivity index (χ0n) is 6.53. The molecule has 0 spiro atoms. The van der Waals surface area contributed by atoms with Crippen molar-refractivity contribution in [3.63, 3.8) is 0 Å². The van der Waals surface area contributed by atoms with Gasteiger partial charge in [0.05, 0.1) is 0 Å². The van der Waals surface area contributed by atoms with Gasteiger partial charge in [0, 0.05) is 0 Å². The number of isothiocyanates is 1. The van der Waals surface area contributed by atoms with E-state index >= 15 is 0 Å². The molecule has 0 unspecified atom stereocenters. The second kappa shape index (κ2) is 3.92. The van der Waals surface area contributed by atoms with E-state index in [2.05, 4.69) is 27.2 Å². The first-order chi connectivity index (χ1) is 5.77. The molecule has 0 saturated heterocycles. The van der Waals surface area contributed by atoms with Gasteiger partial charge in [-0.3, -0.25) is 0 Å². The van der Waals surface area contributed by atoms with E-state index in [9.17, 15) is 0 Å². The summed E-state index contributed by atoms with van der Waals surface area (Å²) in [5.74, 6) is 1.75. The van der Waals surface area contributed by atoms with Crippen LogP contribution in [0.25, 0.3) is 4.85 Å². The topological polar surface area (TPSA) is 16.7 Å². The quantitative estimate of drug-likeness (QED) is 0.361. The van der Waals surface area contributed by atoms with Crippen molar-refractivity contribution in [2.75, 3.05) is 0 Å². The van der Waals surface area contributed by atoms with Crippen LogP contribution in [-0.4, -0.2) is 12.1 Å².